The highest BCUT2D eigenvalue weighted by Gasteiger charge is 2.29. The SMILES string of the molecule is NC(CC(=O)NCCCn1cccn1)C1CC1. The average Bonchev–Trinajstić information content (AvgIpc) is 3.03. The molecule has 1 aromatic heterocycles. The van der Waals surface area contributed by atoms with E-state index in [-0.39, 0.29) is 11.9 Å². The van der Waals surface area contributed by atoms with E-state index in [0.29, 0.717) is 18.9 Å². The van der Waals surface area contributed by atoms with Crippen LogP contribution in [-0.2, 0) is 11.3 Å². The molecule has 1 unspecified atom stereocenters. The number of hydrogen-bond acceptors (Lipinski definition) is 3. The zero-order valence-electron chi connectivity index (χ0n) is 10.0. The van der Waals surface area contributed by atoms with Crippen LogP contribution in [-0.4, -0.2) is 28.3 Å². The second-order valence-electron chi connectivity index (χ2n) is 4.68. The van der Waals surface area contributed by atoms with E-state index in [1.807, 2.05) is 16.9 Å². The van der Waals surface area contributed by atoms with E-state index >= 15 is 0 Å². The average molecular weight is 236 g/mol. The topological polar surface area (TPSA) is 72.9 Å². The molecule has 0 radical (unpaired) electrons. The van der Waals surface area contributed by atoms with Crippen molar-refractivity contribution < 1.29 is 4.79 Å². The molecule has 0 aliphatic heterocycles. The first-order valence-electron chi connectivity index (χ1n) is 6.25. The van der Waals surface area contributed by atoms with Crippen molar-refractivity contribution in [1.82, 2.24) is 15.1 Å². The van der Waals surface area contributed by atoms with Gasteiger partial charge < -0.3 is 11.1 Å². The third-order valence-corrected chi connectivity index (χ3v) is 3.09. The summed E-state index contributed by atoms with van der Waals surface area (Å²) in [7, 11) is 0. The van der Waals surface area contributed by atoms with Crippen molar-refractivity contribution in [2.45, 2.75) is 38.3 Å². The minimum Gasteiger partial charge on any atom is -0.356 e. The van der Waals surface area contributed by atoms with Crippen LogP contribution in [0.4, 0.5) is 0 Å². The van der Waals surface area contributed by atoms with Crippen LogP contribution in [0.1, 0.15) is 25.7 Å². The number of aryl methyl sites for hydroxylation is 1. The van der Waals surface area contributed by atoms with E-state index < -0.39 is 0 Å². The van der Waals surface area contributed by atoms with Gasteiger partial charge in [-0.25, -0.2) is 0 Å². The number of nitrogens with one attached hydrogen (secondary N) is 1. The lowest BCUT2D eigenvalue weighted by atomic mass is 10.1. The molecule has 5 heteroatoms. The molecule has 94 valence electrons. The van der Waals surface area contributed by atoms with Crippen molar-refractivity contribution >= 4 is 5.91 Å². The molecule has 0 saturated heterocycles. The van der Waals surface area contributed by atoms with Crippen LogP contribution in [0.15, 0.2) is 18.5 Å². The molecule has 1 fully saturated rings. The van der Waals surface area contributed by atoms with Gasteiger partial charge in [0.2, 0.25) is 5.91 Å². The van der Waals surface area contributed by atoms with Gasteiger partial charge in [0.1, 0.15) is 0 Å². The molecule has 3 N–H and O–H groups in total. The van der Waals surface area contributed by atoms with Crippen molar-refractivity contribution in [3.8, 4) is 0 Å². The van der Waals surface area contributed by atoms with Crippen LogP contribution < -0.4 is 11.1 Å². The summed E-state index contributed by atoms with van der Waals surface area (Å²) >= 11 is 0. The fourth-order valence-corrected chi connectivity index (χ4v) is 1.88. The number of hydrogen-bond donors (Lipinski definition) is 2. The van der Waals surface area contributed by atoms with Crippen LogP contribution in [0.5, 0.6) is 0 Å². The molecule has 1 atom stereocenters. The highest BCUT2D eigenvalue weighted by Crippen LogP contribution is 2.32. The van der Waals surface area contributed by atoms with E-state index in [9.17, 15) is 4.79 Å². The number of carbonyl (C=O) groups is 1. The molecule has 1 saturated carbocycles. The standard InChI is InChI=1S/C12H20N4O/c13-11(10-3-4-10)9-12(17)14-5-1-7-16-8-2-6-15-16/h2,6,8,10-11H,1,3-5,7,9,13H2,(H,14,17). The van der Waals surface area contributed by atoms with Crippen molar-refractivity contribution in [1.29, 1.82) is 0 Å². The van der Waals surface area contributed by atoms with Gasteiger partial charge in [0, 0.05) is 37.9 Å². The predicted molar refractivity (Wildman–Crippen MR) is 65.2 cm³/mol. The molecule has 1 aliphatic rings. The second-order valence-corrected chi connectivity index (χ2v) is 4.68. The Morgan fingerprint density at radius 1 is 1.59 bits per heavy atom. The van der Waals surface area contributed by atoms with E-state index in [1.54, 1.807) is 6.20 Å². The first-order valence-corrected chi connectivity index (χ1v) is 6.25. The lowest BCUT2D eigenvalue weighted by molar-refractivity contribution is -0.121. The lowest BCUT2D eigenvalue weighted by Gasteiger charge is -2.10. The monoisotopic (exact) mass is 236 g/mol. The Labute approximate surface area is 101 Å². The van der Waals surface area contributed by atoms with Crippen molar-refractivity contribution in [3.05, 3.63) is 18.5 Å². The summed E-state index contributed by atoms with van der Waals surface area (Å²) in [5.74, 6) is 0.662. The maximum absolute atomic E-state index is 11.5. The van der Waals surface area contributed by atoms with Gasteiger partial charge in [0.25, 0.3) is 0 Å². The summed E-state index contributed by atoms with van der Waals surface area (Å²) in [5, 5.41) is 7.00. The van der Waals surface area contributed by atoms with Crippen molar-refractivity contribution in [2.75, 3.05) is 6.54 Å². The zero-order valence-corrected chi connectivity index (χ0v) is 10.0. The Kier molecular flexibility index (Phi) is 4.14. The molecule has 1 amide bonds. The van der Waals surface area contributed by atoms with Gasteiger partial charge in [-0.2, -0.15) is 5.10 Å². The molecular formula is C12H20N4O. The van der Waals surface area contributed by atoms with Gasteiger partial charge in [-0.05, 0) is 31.2 Å². The van der Waals surface area contributed by atoms with Crippen LogP contribution >= 0.6 is 0 Å². The molecule has 2 rings (SSSR count). The van der Waals surface area contributed by atoms with Gasteiger partial charge in [0.05, 0.1) is 0 Å². The molecule has 0 aromatic carbocycles. The van der Waals surface area contributed by atoms with Gasteiger partial charge in [0.15, 0.2) is 0 Å². The second kappa shape index (κ2) is 5.82. The van der Waals surface area contributed by atoms with E-state index in [2.05, 4.69) is 10.4 Å². The maximum atomic E-state index is 11.5. The fourth-order valence-electron chi connectivity index (χ4n) is 1.88. The Balaban J connectivity index is 1.53. The zero-order chi connectivity index (χ0) is 12.1. The molecule has 5 nitrogen and oxygen atoms in total. The molecule has 1 aliphatic carbocycles. The summed E-state index contributed by atoms with van der Waals surface area (Å²) < 4.78 is 1.86. The van der Waals surface area contributed by atoms with Gasteiger partial charge in [-0.1, -0.05) is 0 Å². The van der Waals surface area contributed by atoms with Gasteiger partial charge in [-0.3, -0.25) is 9.48 Å². The quantitative estimate of drug-likeness (QED) is 0.678. The van der Waals surface area contributed by atoms with E-state index in [1.165, 1.54) is 12.8 Å². The number of amides is 1. The number of aromatic nitrogens is 2. The van der Waals surface area contributed by atoms with Crippen LogP contribution in [0.2, 0.25) is 0 Å². The predicted octanol–water partition coefficient (Wildman–Crippen LogP) is 0.517. The molecule has 17 heavy (non-hydrogen) atoms. The Morgan fingerprint density at radius 2 is 2.41 bits per heavy atom. The third kappa shape index (κ3) is 4.19. The molecule has 0 bridgehead atoms. The highest BCUT2D eigenvalue weighted by molar-refractivity contribution is 5.76. The molecular weight excluding hydrogens is 216 g/mol. The first-order chi connectivity index (χ1) is 8.25. The van der Waals surface area contributed by atoms with Crippen LogP contribution in [0, 0.1) is 5.92 Å². The highest BCUT2D eigenvalue weighted by atomic mass is 16.1. The summed E-state index contributed by atoms with van der Waals surface area (Å²) in [6.07, 6.45) is 7.41. The number of rotatable bonds is 7. The Bertz CT molecular complexity index is 345. The van der Waals surface area contributed by atoms with Crippen molar-refractivity contribution in [2.24, 2.45) is 11.7 Å². The smallest absolute Gasteiger partial charge is 0.221 e. The number of nitrogens with two attached hydrogens (primary N) is 1. The molecule has 1 heterocycles. The van der Waals surface area contributed by atoms with E-state index in [0.717, 1.165) is 13.0 Å². The maximum Gasteiger partial charge on any atom is 0.221 e. The number of nitrogens with zero attached hydrogens (tertiary/aromatic N) is 2. The molecule has 1 aromatic rings. The Hall–Kier alpha value is -1.36. The fraction of sp³-hybridized carbons (Fsp3) is 0.667. The van der Waals surface area contributed by atoms with Crippen LogP contribution in [0.3, 0.4) is 0 Å². The summed E-state index contributed by atoms with van der Waals surface area (Å²) in [4.78, 5) is 11.5. The summed E-state index contributed by atoms with van der Waals surface area (Å²) in [6.45, 7) is 1.53. The van der Waals surface area contributed by atoms with E-state index in [4.69, 9.17) is 5.73 Å². The largest absolute Gasteiger partial charge is 0.356 e. The van der Waals surface area contributed by atoms with Crippen LogP contribution in [0.25, 0.3) is 0 Å². The number of carbonyl (C=O) groups excluding carboxylic acids is 1. The third-order valence-electron chi connectivity index (χ3n) is 3.09. The summed E-state index contributed by atoms with van der Waals surface area (Å²) in [5.41, 5.74) is 5.89. The van der Waals surface area contributed by atoms with Gasteiger partial charge in [-0.15, -0.1) is 0 Å². The first kappa shape index (κ1) is 12.1. The lowest BCUT2D eigenvalue weighted by Crippen LogP contribution is -2.33. The van der Waals surface area contributed by atoms with Crippen molar-refractivity contribution in [3.63, 3.8) is 0 Å². The minimum atomic E-state index is 0.0566. The summed E-state index contributed by atoms with van der Waals surface area (Å²) in [6, 6.07) is 1.95. The van der Waals surface area contributed by atoms with Gasteiger partial charge >= 0.3 is 0 Å². The normalized spacial score (nSPS) is 16.8. The minimum absolute atomic E-state index is 0.0566. The Morgan fingerprint density at radius 3 is 3.06 bits per heavy atom. The molecule has 0 spiro atoms.